The molecule has 1 heterocycles. The van der Waals surface area contributed by atoms with E-state index in [4.69, 9.17) is 13.9 Å². The van der Waals surface area contributed by atoms with Gasteiger partial charge in [-0.25, -0.2) is 9.59 Å². The predicted octanol–water partition coefficient (Wildman–Crippen LogP) is 6.30. The normalized spacial score (nSPS) is 21.0. The minimum atomic E-state index is -2.10. The first-order chi connectivity index (χ1) is 19.6. The molecule has 1 unspecified atom stereocenters. The number of amides is 3. The molecule has 0 aromatic carbocycles. The summed E-state index contributed by atoms with van der Waals surface area (Å²) in [5.41, 5.74) is -0.115. The summed E-state index contributed by atoms with van der Waals surface area (Å²) in [4.78, 5) is 38.1. The van der Waals surface area contributed by atoms with Gasteiger partial charge in [-0.3, -0.25) is 20.7 Å². The number of rotatable bonds is 9. The first-order valence-corrected chi connectivity index (χ1v) is 20.1. The zero-order valence-corrected chi connectivity index (χ0v) is 31.0. The molecule has 0 aromatic heterocycles. The molecule has 0 aromatic rings. The third-order valence-electron chi connectivity index (χ3n) is 7.55. The molecule has 43 heavy (non-hydrogen) atoms. The Morgan fingerprint density at radius 2 is 1.37 bits per heavy atom. The Morgan fingerprint density at radius 1 is 0.860 bits per heavy atom. The summed E-state index contributed by atoms with van der Waals surface area (Å²) in [5.74, 6) is 1.99. The molecule has 248 valence electrons. The lowest BCUT2D eigenvalue weighted by atomic mass is 9.94. The highest BCUT2D eigenvalue weighted by Crippen LogP contribution is 2.45. The lowest BCUT2D eigenvalue weighted by Gasteiger charge is -2.39. The van der Waals surface area contributed by atoms with Crippen LogP contribution in [0.4, 0.5) is 9.59 Å². The number of thioether (sulfide) groups is 2. The highest BCUT2D eigenvalue weighted by molar-refractivity contribution is 8.22. The van der Waals surface area contributed by atoms with Crippen LogP contribution >= 0.6 is 23.5 Å². The number of ether oxygens (including phenoxy) is 2. The van der Waals surface area contributed by atoms with E-state index >= 15 is 0 Å². The van der Waals surface area contributed by atoms with Crippen LogP contribution in [0.25, 0.3) is 0 Å². The maximum Gasteiger partial charge on any atom is 0.410 e. The van der Waals surface area contributed by atoms with E-state index in [2.05, 4.69) is 55.1 Å². The molecule has 10 nitrogen and oxygen atoms in total. The third kappa shape index (κ3) is 13.2. The summed E-state index contributed by atoms with van der Waals surface area (Å²) in [7, 11) is -2.10. The zero-order chi connectivity index (χ0) is 32.8. The van der Waals surface area contributed by atoms with Gasteiger partial charge in [0.05, 0.1) is 12.6 Å². The van der Waals surface area contributed by atoms with Gasteiger partial charge in [0.25, 0.3) is 0 Å². The maximum atomic E-state index is 12.8. The van der Waals surface area contributed by atoms with Crippen LogP contribution in [0.2, 0.25) is 18.1 Å². The molecule has 0 spiro atoms. The molecule has 2 rings (SSSR count). The summed E-state index contributed by atoms with van der Waals surface area (Å²) in [6.07, 6.45) is 0.323. The quantitative estimate of drug-likeness (QED) is 0.167. The van der Waals surface area contributed by atoms with Gasteiger partial charge < -0.3 is 19.2 Å². The van der Waals surface area contributed by atoms with Crippen molar-refractivity contribution < 1.29 is 28.3 Å². The van der Waals surface area contributed by atoms with Gasteiger partial charge in [0.2, 0.25) is 5.91 Å². The Hall–Kier alpha value is -1.41. The fourth-order valence-corrected chi connectivity index (χ4v) is 8.30. The van der Waals surface area contributed by atoms with Crippen LogP contribution in [0.1, 0.15) is 88.5 Å². The van der Waals surface area contributed by atoms with Crippen LogP contribution < -0.4 is 21.3 Å². The van der Waals surface area contributed by atoms with Crippen molar-refractivity contribution in [3.05, 3.63) is 9.81 Å². The topological polar surface area (TPSA) is 127 Å². The van der Waals surface area contributed by atoms with Crippen molar-refractivity contribution in [3.8, 4) is 0 Å². The maximum absolute atomic E-state index is 12.8. The van der Waals surface area contributed by atoms with Gasteiger partial charge >= 0.3 is 12.2 Å². The Labute approximate surface area is 268 Å². The molecule has 1 aliphatic heterocycles. The molecule has 1 saturated heterocycles. The van der Waals surface area contributed by atoms with Crippen molar-refractivity contribution in [1.82, 2.24) is 21.3 Å². The molecule has 2 aliphatic rings. The van der Waals surface area contributed by atoms with Gasteiger partial charge in [-0.1, -0.05) is 20.8 Å². The fourth-order valence-electron chi connectivity index (χ4n) is 4.57. The van der Waals surface area contributed by atoms with Crippen LogP contribution in [0.15, 0.2) is 9.81 Å². The van der Waals surface area contributed by atoms with Crippen LogP contribution in [-0.2, 0) is 18.7 Å². The van der Waals surface area contributed by atoms with E-state index in [0.29, 0.717) is 13.0 Å². The number of nitrogens with one attached hydrogen (secondary N) is 4. The molecule has 0 bridgehead atoms. The fraction of sp³-hybridized carbons (Fsp3) is 0.833. The van der Waals surface area contributed by atoms with Gasteiger partial charge in [0.1, 0.15) is 11.2 Å². The second-order valence-corrected chi connectivity index (χ2v) is 22.2. The van der Waals surface area contributed by atoms with Crippen LogP contribution in [0.5, 0.6) is 0 Å². The van der Waals surface area contributed by atoms with Crippen molar-refractivity contribution in [1.29, 1.82) is 0 Å². The number of carbonyl (C=O) groups excluding carboxylic acids is 3. The lowest BCUT2D eigenvalue weighted by Crippen LogP contribution is -2.62. The molecule has 3 atom stereocenters. The second-order valence-electron chi connectivity index (χ2n) is 14.9. The molecular formula is C30H56N4O6S2Si. The Balaban J connectivity index is 2.42. The molecule has 0 radical (unpaired) electrons. The Kier molecular flexibility index (Phi) is 13.4. The first-order valence-electron chi connectivity index (χ1n) is 15.2. The largest absolute Gasteiger partial charge is 0.444 e. The van der Waals surface area contributed by atoms with Crippen LogP contribution in [-0.4, -0.2) is 74.1 Å². The van der Waals surface area contributed by atoms with Gasteiger partial charge in [-0.2, -0.15) is 0 Å². The standard InChI is InChI=1S/C30H56N4O6S2Si/c1-19(35)31-23(18-38-43(11,12)30(8,9)10)21-16-20(24-41-14-13-15-42-24)17-22(21)32-25(33-26(36)39-28(2,3)4)34-27(37)40-29(5,6)7/h21-23,25,32H,13-18H2,1-12H3,(H,31,35)(H,33,36)(H,34,37)/t21-,22-,23?/m1/s1. The summed E-state index contributed by atoms with van der Waals surface area (Å²) in [6.45, 7) is 23.6. The number of hydrogen-bond donors (Lipinski definition) is 4. The SMILES string of the molecule is CC(=O)NC(CO[Si](C)(C)C(C)(C)C)[C@@H]1CC(=C2SCCCS2)C[C@H]1NC(NC(=O)OC(C)(C)C)NC(=O)OC(C)(C)C. The van der Waals surface area contributed by atoms with Gasteiger partial charge in [0.15, 0.2) is 14.6 Å². The molecule has 4 N–H and O–H groups in total. The second kappa shape index (κ2) is 15.2. The molecule has 1 aliphatic carbocycles. The summed E-state index contributed by atoms with van der Waals surface area (Å²) < 4.78 is 19.0. The number of carbonyl (C=O) groups is 3. The monoisotopic (exact) mass is 660 g/mol. The van der Waals surface area contributed by atoms with Crippen molar-refractivity contribution in [2.24, 2.45) is 5.92 Å². The molecule has 13 heteroatoms. The summed E-state index contributed by atoms with van der Waals surface area (Å²) in [5, 5.41) is 12.2. The van der Waals surface area contributed by atoms with Crippen molar-refractivity contribution in [2.75, 3.05) is 18.1 Å². The Morgan fingerprint density at radius 3 is 1.81 bits per heavy atom. The molecular weight excluding hydrogens is 605 g/mol. The average molecular weight is 661 g/mol. The molecule has 2 fully saturated rings. The smallest absolute Gasteiger partial charge is 0.410 e. The van der Waals surface area contributed by atoms with E-state index in [1.54, 1.807) is 41.5 Å². The van der Waals surface area contributed by atoms with Gasteiger partial charge in [-0.05, 0) is 96.0 Å². The van der Waals surface area contributed by atoms with Crippen molar-refractivity contribution in [3.63, 3.8) is 0 Å². The van der Waals surface area contributed by atoms with E-state index in [1.165, 1.54) is 23.2 Å². The first kappa shape index (κ1) is 37.8. The minimum absolute atomic E-state index is 0.0172. The van der Waals surface area contributed by atoms with Crippen molar-refractivity contribution in [2.45, 2.75) is 136 Å². The Bertz CT molecular complexity index is 982. The van der Waals surface area contributed by atoms with E-state index in [-0.39, 0.29) is 28.9 Å². The molecule has 3 amide bonds. The van der Waals surface area contributed by atoms with E-state index in [1.807, 2.05) is 23.5 Å². The van der Waals surface area contributed by atoms with E-state index in [9.17, 15) is 14.4 Å². The lowest BCUT2D eigenvalue weighted by molar-refractivity contribution is -0.120. The average Bonchev–Trinajstić information content (AvgIpc) is 3.22. The number of hydrogen-bond acceptors (Lipinski definition) is 9. The number of alkyl carbamates (subject to hydrolysis) is 2. The summed E-state index contributed by atoms with van der Waals surface area (Å²) >= 11 is 3.78. The minimum Gasteiger partial charge on any atom is -0.444 e. The van der Waals surface area contributed by atoms with Crippen molar-refractivity contribution >= 4 is 49.9 Å². The summed E-state index contributed by atoms with van der Waals surface area (Å²) in [6, 6.07) is -0.468. The molecule has 1 saturated carbocycles. The van der Waals surface area contributed by atoms with Gasteiger partial charge in [0, 0.05) is 23.1 Å². The zero-order valence-electron chi connectivity index (χ0n) is 28.3. The predicted molar refractivity (Wildman–Crippen MR) is 179 cm³/mol. The van der Waals surface area contributed by atoms with Crippen LogP contribution in [0.3, 0.4) is 0 Å². The van der Waals surface area contributed by atoms with E-state index < -0.39 is 38.0 Å². The highest BCUT2D eigenvalue weighted by Gasteiger charge is 2.43. The third-order valence-corrected chi connectivity index (χ3v) is 14.8. The highest BCUT2D eigenvalue weighted by atomic mass is 32.2. The van der Waals surface area contributed by atoms with E-state index in [0.717, 1.165) is 17.9 Å². The van der Waals surface area contributed by atoms with Gasteiger partial charge in [-0.15, -0.1) is 23.5 Å². The van der Waals surface area contributed by atoms with Crippen LogP contribution in [0, 0.1) is 5.92 Å².